The Morgan fingerprint density at radius 1 is 1.09 bits per heavy atom. The Labute approximate surface area is 209 Å². The summed E-state index contributed by atoms with van der Waals surface area (Å²) in [7, 11) is 1.70. The van der Waals surface area contributed by atoms with E-state index in [1.54, 1.807) is 7.05 Å². The monoisotopic (exact) mass is 477 g/mol. The van der Waals surface area contributed by atoms with Crippen LogP contribution in [0.25, 0.3) is 5.57 Å². The summed E-state index contributed by atoms with van der Waals surface area (Å²) in [6.07, 6.45) is 16.4. The molecular weight excluding hydrogens is 438 g/mol. The molecule has 188 valence electrons. The maximum Gasteiger partial charge on any atom is 0.325 e. The Hall–Kier alpha value is -2.47. The van der Waals surface area contributed by atoms with Crippen LogP contribution in [0.3, 0.4) is 0 Å². The molecule has 0 spiro atoms. The lowest BCUT2D eigenvalue weighted by atomic mass is 9.47. The third-order valence-electron chi connectivity index (χ3n) is 9.68. The molecule has 5 rings (SSSR count). The molecule has 4 aliphatic carbocycles. The lowest BCUT2D eigenvalue weighted by molar-refractivity contribution is -0.151. The highest BCUT2D eigenvalue weighted by Crippen LogP contribution is 2.66. The number of nitrogens with one attached hydrogen (secondary N) is 2. The third kappa shape index (κ3) is 4.35. The summed E-state index contributed by atoms with van der Waals surface area (Å²) in [5, 5.41) is 5.39. The van der Waals surface area contributed by atoms with E-state index in [0.29, 0.717) is 17.8 Å². The standard InChI is InChI=1S/C29H39N3O3/c1-28-12-10-21(35-27(34)18-32-26(33)17-30-3)15-20(28)6-7-22-24-9-8-23(19-5-4-14-31-16-19)29(24,2)13-11-25(22)28/h4-6,8,14,16,21-22,24-25,30H,7,9-13,15,17-18H2,1-3H3,(H,32,33). The van der Waals surface area contributed by atoms with Gasteiger partial charge >= 0.3 is 5.97 Å². The number of carbonyl (C=O) groups is 2. The zero-order valence-electron chi connectivity index (χ0n) is 21.3. The molecule has 1 heterocycles. The van der Waals surface area contributed by atoms with E-state index in [2.05, 4.69) is 53.7 Å². The highest BCUT2D eigenvalue weighted by molar-refractivity contribution is 5.83. The van der Waals surface area contributed by atoms with Crippen molar-refractivity contribution in [1.82, 2.24) is 15.6 Å². The minimum absolute atomic E-state index is 0.0649. The second-order valence-corrected chi connectivity index (χ2v) is 11.5. The number of nitrogens with zero attached hydrogens (tertiary/aromatic N) is 1. The molecule has 1 amide bonds. The topological polar surface area (TPSA) is 80.3 Å². The number of amides is 1. The molecule has 0 aliphatic heterocycles. The van der Waals surface area contributed by atoms with E-state index in [1.165, 1.54) is 36.0 Å². The minimum Gasteiger partial charge on any atom is -0.461 e. The van der Waals surface area contributed by atoms with Crippen LogP contribution in [0.5, 0.6) is 0 Å². The van der Waals surface area contributed by atoms with E-state index < -0.39 is 0 Å². The van der Waals surface area contributed by atoms with Gasteiger partial charge in [0.25, 0.3) is 0 Å². The van der Waals surface area contributed by atoms with Crippen LogP contribution < -0.4 is 10.6 Å². The van der Waals surface area contributed by atoms with Crippen molar-refractivity contribution in [3.8, 4) is 0 Å². The molecule has 6 heteroatoms. The molecule has 2 N–H and O–H groups in total. The number of hydrogen-bond donors (Lipinski definition) is 2. The fourth-order valence-corrected chi connectivity index (χ4v) is 7.89. The van der Waals surface area contributed by atoms with E-state index in [1.807, 2.05) is 12.4 Å². The Morgan fingerprint density at radius 2 is 1.91 bits per heavy atom. The van der Waals surface area contributed by atoms with Crippen LogP contribution in [0.2, 0.25) is 0 Å². The van der Waals surface area contributed by atoms with Crippen LogP contribution in [-0.4, -0.2) is 43.1 Å². The van der Waals surface area contributed by atoms with Crippen molar-refractivity contribution >= 4 is 17.4 Å². The van der Waals surface area contributed by atoms with Crippen molar-refractivity contribution in [3.05, 3.63) is 47.8 Å². The Morgan fingerprint density at radius 3 is 2.69 bits per heavy atom. The molecule has 35 heavy (non-hydrogen) atoms. The summed E-state index contributed by atoms with van der Waals surface area (Å²) >= 11 is 0. The number of likely N-dealkylation sites (N-methyl/N-ethyl adjacent to an activating group) is 1. The average molecular weight is 478 g/mol. The molecule has 0 radical (unpaired) electrons. The number of allylic oxidation sites excluding steroid dienone is 3. The van der Waals surface area contributed by atoms with Crippen molar-refractivity contribution in [2.45, 2.75) is 64.9 Å². The van der Waals surface area contributed by atoms with E-state index >= 15 is 0 Å². The molecule has 6 nitrogen and oxygen atoms in total. The predicted molar refractivity (Wildman–Crippen MR) is 136 cm³/mol. The van der Waals surface area contributed by atoms with Gasteiger partial charge in [0, 0.05) is 18.8 Å². The van der Waals surface area contributed by atoms with E-state index in [-0.39, 0.29) is 41.9 Å². The van der Waals surface area contributed by atoms with Gasteiger partial charge in [-0.25, -0.2) is 0 Å². The summed E-state index contributed by atoms with van der Waals surface area (Å²) < 4.78 is 5.77. The number of carbonyl (C=O) groups excluding carboxylic acids is 2. The highest BCUT2D eigenvalue weighted by atomic mass is 16.5. The van der Waals surface area contributed by atoms with E-state index in [4.69, 9.17) is 4.74 Å². The lowest BCUT2D eigenvalue weighted by Gasteiger charge is -2.57. The predicted octanol–water partition coefficient (Wildman–Crippen LogP) is 4.29. The maximum atomic E-state index is 12.3. The number of aromatic nitrogens is 1. The van der Waals surface area contributed by atoms with E-state index in [0.717, 1.165) is 25.7 Å². The summed E-state index contributed by atoms with van der Waals surface area (Å²) in [6, 6.07) is 4.27. The van der Waals surface area contributed by atoms with Gasteiger partial charge in [-0.3, -0.25) is 14.6 Å². The number of rotatable bonds is 6. The fraction of sp³-hybridized carbons (Fsp3) is 0.621. The quantitative estimate of drug-likeness (QED) is 0.472. The van der Waals surface area contributed by atoms with Gasteiger partial charge in [-0.1, -0.05) is 37.6 Å². The Bertz CT molecular complexity index is 1030. The molecule has 0 saturated heterocycles. The summed E-state index contributed by atoms with van der Waals surface area (Å²) in [6.45, 7) is 5.10. The number of hydrogen-bond acceptors (Lipinski definition) is 5. The maximum absolute atomic E-state index is 12.3. The molecule has 1 aromatic rings. The fourth-order valence-electron chi connectivity index (χ4n) is 7.89. The molecule has 0 aromatic carbocycles. The number of ether oxygens (including phenoxy) is 1. The van der Waals surface area contributed by atoms with Gasteiger partial charge in [0.15, 0.2) is 0 Å². The molecule has 6 unspecified atom stereocenters. The first-order valence-corrected chi connectivity index (χ1v) is 13.3. The van der Waals surface area contributed by atoms with Gasteiger partial charge in [-0.05, 0) is 91.4 Å². The van der Waals surface area contributed by atoms with Crippen molar-refractivity contribution in [2.75, 3.05) is 20.1 Å². The van der Waals surface area contributed by atoms with E-state index in [9.17, 15) is 9.59 Å². The van der Waals surface area contributed by atoms with Crippen molar-refractivity contribution in [2.24, 2.45) is 28.6 Å². The van der Waals surface area contributed by atoms with Crippen LogP contribution in [-0.2, 0) is 14.3 Å². The van der Waals surface area contributed by atoms with Gasteiger partial charge in [-0.15, -0.1) is 0 Å². The third-order valence-corrected chi connectivity index (χ3v) is 9.68. The van der Waals surface area contributed by atoms with Crippen molar-refractivity contribution in [3.63, 3.8) is 0 Å². The molecule has 1 aromatic heterocycles. The number of pyridine rings is 1. The average Bonchev–Trinajstić information content (AvgIpc) is 3.21. The highest BCUT2D eigenvalue weighted by Gasteiger charge is 2.57. The summed E-state index contributed by atoms with van der Waals surface area (Å²) in [5.74, 6) is 1.54. The SMILES string of the molecule is CNCC(=O)NCC(=O)OC1CCC2(C)C(=CCC3C2CCC2(C)C(c4cccnc4)=CCC32)C1. The van der Waals surface area contributed by atoms with Gasteiger partial charge in [0.1, 0.15) is 12.6 Å². The van der Waals surface area contributed by atoms with Crippen LogP contribution in [0.4, 0.5) is 0 Å². The minimum atomic E-state index is -0.342. The van der Waals surface area contributed by atoms with Crippen molar-refractivity contribution in [1.29, 1.82) is 0 Å². The number of fused-ring (bicyclic) bond motifs is 5. The summed E-state index contributed by atoms with van der Waals surface area (Å²) in [4.78, 5) is 28.3. The van der Waals surface area contributed by atoms with Gasteiger partial charge in [-0.2, -0.15) is 0 Å². The van der Waals surface area contributed by atoms with Crippen LogP contribution in [0.15, 0.2) is 42.3 Å². The molecule has 2 fully saturated rings. The molecule has 6 atom stereocenters. The first-order valence-electron chi connectivity index (χ1n) is 13.3. The zero-order chi connectivity index (χ0) is 24.6. The molecule has 0 bridgehead atoms. The zero-order valence-corrected chi connectivity index (χ0v) is 21.3. The van der Waals surface area contributed by atoms with Gasteiger partial charge < -0.3 is 15.4 Å². The second-order valence-electron chi connectivity index (χ2n) is 11.5. The Kier molecular flexibility index (Phi) is 6.60. The van der Waals surface area contributed by atoms with Gasteiger partial charge in [0.2, 0.25) is 5.91 Å². The second kappa shape index (κ2) is 9.53. The van der Waals surface area contributed by atoms with Gasteiger partial charge in [0.05, 0.1) is 6.54 Å². The number of esters is 1. The normalized spacial score (nSPS) is 35.6. The Balaban J connectivity index is 1.25. The largest absolute Gasteiger partial charge is 0.461 e. The lowest BCUT2D eigenvalue weighted by Crippen LogP contribution is -2.50. The molecular formula is C29H39N3O3. The summed E-state index contributed by atoms with van der Waals surface area (Å²) in [5.41, 5.74) is 4.72. The van der Waals surface area contributed by atoms with Crippen molar-refractivity contribution < 1.29 is 14.3 Å². The van der Waals surface area contributed by atoms with Crippen LogP contribution in [0, 0.1) is 28.6 Å². The molecule has 2 saturated carbocycles. The first kappa shape index (κ1) is 24.2. The molecule has 4 aliphatic rings. The smallest absolute Gasteiger partial charge is 0.325 e. The van der Waals surface area contributed by atoms with Crippen LogP contribution in [0.1, 0.15) is 64.4 Å². The van der Waals surface area contributed by atoms with Crippen LogP contribution >= 0.6 is 0 Å². The first-order chi connectivity index (χ1) is 16.8.